The number of likely N-dealkylation sites (tertiary alicyclic amines) is 1. The van der Waals surface area contributed by atoms with Gasteiger partial charge in [0.15, 0.2) is 0 Å². The van der Waals surface area contributed by atoms with Crippen LogP contribution in [-0.2, 0) is 14.3 Å². The van der Waals surface area contributed by atoms with Crippen LogP contribution in [0.25, 0.3) is 0 Å². The molecule has 2 aromatic carbocycles. The Morgan fingerprint density at radius 3 is 2.58 bits per heavy atom. The Morgan fingerprint density at radius 2 is 1.90 bits per heavy atom. The molecular weight excluding hydrogens is 400 g/mol. The zero-order chi connectivity index (χ0) is 22.2. The fourth-order valence-electron chi connectivity index (χ4n) is 4.21. The number of halogens is 2. The first-order chi connectivity index (χ1) is 15.0. The van der Waals surface area contributed by atoms with E-state index in [4.69, 9.17) is 9.47 Å². The molecule has 1 heterocycles. The number of nitrogens with zero attached hydrogens (tertiary/aromatic N) is 1. The molecule has 31 heavy (non-hydrogen) atoms. The number of ether oxygens (including phenoxy) is 2. The number of carbonyl (C=O) groups is 1. The topological polar surface area (TPSA) is 38.8 Å². The Morgan fingerprint density at radius 1 is 1.16 bits per heavy atom. The van der Waals surface area contributed by atoms with E-state index in [1.807, 2.05) is 6.92 Å². The van der Waals surface area contributed by atoms with Gasteiger partial charge in [-0.25, -0.2) is 8.78 Å². The SMILES string of the molecule is CCOC(=O)C[C@H]1CCN(CCOC(c2ccc(F)cc2)c2ccccc2F)C[C@H]1C. The van der Waals surface area contributed by atoms with Crippen LogP contribution in [-0.4, -0.2) is 43.7 Å². The van der Waals surface area contributed by atoms with E-state index < -0.39 is 6.10 Å². The summed E-state index contributed by atoms with van der Waals surface area (Å²) in [6, 6.07) is 12.5. The molecule has 0 spiro atoms. The van der Waals surface area contributed by atoms with E-state index in [-0.39, 0.29) is 17.6 Å². The lowest BCUT2D eigenvalue weighted by Crippen LogP contribution is -2.41. The van der Waals surface area contributed by atoms with Crippen LogP contribution in [0.3, 0.4) is 0 Å². The molecule has 3 atom stereocenters. The highest BCUT2D eigenvalue weighted by molar-refractivity contribution is 5.69. The molecule has 1 aliphatic rings. The Bertz CT molecular complexity index is 843. The average molecular weight is 432 g/mol. The minimum absolute atomic E-state index is 0.122. The number of rotatable bonds is 9. The summed E-state index contributed by atoms with van der Waals surface area (Å²) in [6.07, 6.45) is 0.814. The lowest BCUT2D eigenvalue weighted by Gasteiger charge is -2.36. The van der Waals surface area contributed by atoms with Crippen molar-refractivity contribution < 1.29 is 23.0 Å². The highest BCUT2D eigenvalue weighted by atomic mass is 19.1. The van der Waals surface area contributed by atoms with Crippen LogP contribution in [0.15, 0.2) is 48.5 Å². The van der Waals surface area contributed by atoms with Crippen molar-refractivity contribution in [2.75, 3.05) is 32.8 Å². The highest BCUT2D eigenvalue weighted by Gasteiger charge is 2.28. The second-order valence-corrected chi connectivity index (χ2v) is 8.16. The van der Waals surface area contributed by atoms with E-state index in [1.165, 1.54) is 18.2 Å². The van der Waals surface area contributed by atoms with E-state index in [0.717, 1.165) is 19.5 Å². The summed E-state index contributed by atoms with van der Waals surface area (Å²) in [5.41, 5.74) is 1.16. The van der Waals surface area contributed by atoms with Gasteiger partial charge in [-0.15, -0.1) is 0 Å². The molecule has 168 valence electrons. The van der Waals surface area contributed by atoms with Crippen LogP contribution in [0.4, 0.5) is 8.78 Å². The maximum atomic E-state index is 14.4. The molecule has 0 aliphatic carbocycles. The van der Waals surface area contributed by atoms with Crippen LogP contribution >= 0.6 is 0 Å². The molecule has 0 radical (unpaired) electrons. The molecule has 0 N–H and O–H groups in total. The standard InChI is InChI=1S/C25H31F2NO3/c1-3-30-24(29)16-20-12-13-28(17-18(20)2)14-15-31-25(19-8-10-21(26)11-9-19)22-6-4-5-7-23(22)27/h4-11,18,20,25H,3,12-17H2,1-2H3/t18-,20-,25?/m1/s1. The van der Waals surface area contributed by atoms with Crippen LogP contribution in [0.1, 0.15) is 43.9 Å². The predicted octanol–water partition coefficient (Wildman–Crippen LogP) is 4.98. The number of esters is 1. The first kappa shape index (κ1) is 23.4. The third-order valence-electron chi connectivity index (χ3n) is 5.95. The van der Waals surface area contributed by atoms with E-state index >= 15 is 0 Å². The molecule has 6 heteroatoms. The molecule has 1 unspecified atom stereocenters. The molecular formula is C25H31F2NO3. The smallest absolute Gasteiger partial charge is 0.306 e. The first-order valence-electron chi connectivity index (χ1n) is 11.0. The Hall–Kier alpha value is -2.31. The van der Waals surface area contributed by atoms with Crippen molar-refractivity contribution in [3.8, 4) is 0 Å². The summed E-state index contributed by atoms with van der Waals surface area (Å²) in [5, 5.41) is 0. The van der Waals surface area contributed by atoms with Gasteiger partial charge in [-0.2, -0.15) is 0 Å². The van der Waals surface area contributed by atoms with Gasteiger partial charge in [0.25, 0.3) is 0 Å². The van der Waals surface area contributed by atoms with Gasteiger partial charge in [0, 0.05) is 25.1 Å². The quantitative estimate of drug-likeness (QED) is 0.525. The molecule has 0 saturated carbocycles. The van der Waals surface area contributed by atoms with Gasteiger partial charge in [0.2, 0.25) is 0 Å². The van der Waals surface area contributed by atoms with E-state index in [1.54, 1.807) is 30.3 Å². The monoisotopic (exact) mass is 431 g/mol. The average Bonchev–Trinajstić information content (AvgIpc) is 2.75. The molecule has 4 nitrogen and oxygen atoms in total. The third kappa shape index (κ3) is 6.58. The van der Waals surface area contributed by atoms with Gasteiger partial charge < -0.3 is 14.4 Å². The lowest BCUT2D eigenvalue weighted by atomic mass is 9.84. The normalized spacial score (nSPS) is 20.4. The minimum Gasteiger partial charge on any atom is -0.466 e. The largest absolute Gasteiger partial charge is 0.466 e. The van der Waals surface area contributed by atoms with Gasteiger partial charge in [-0.1, -0.05) is 37.3 Å². The summed E-state index contributed by atoms with van der Waals surface area (Å²) in [5.74, 6) is -0.0803. The van der Waals surface area contributed by atoms with Gasteiger partial charge in [-0.05, 0) is 55.5 Å². The number of benzene rings is 2. The van der Waals surface area contributed by atoms with Crippen molar-refractivity contribution in [1.29, 1.82) is 0 Å². The van der Waals surface area contributed by atoms with E-state index in [2.05, 4.69) is 11.8 Å². The van der Waals surface area contributed by atoms with Crippen LogP contribution in [0, 0.1) is 23.5 Å². The highest BCUT2D eigenvalue weighted by Crippen LogP contribution is 2.29. The van der Waals surface area contributed by atoms with Crippen molar-refractivity contribution >= 4 is 5.97 Å². The van der Waals surface area contributed by atoms with Crippen molar-refractivity contribution in [3.05, 3.63) is 71.3 Å². The Kier molecular flexibility index (Phi) is 8.55. The summed E-state index contributed by atoms with van der Waals surface area (Å²) in [4.78, 5) is 14.1. The number of piperidine rings is 1. The summed E-state index contributed by atoms with van der Waals surface area (Å²) < 4.78 is 39.0. The van der Waals surface area contributed by atoms with Crippen LogP contribution in [0.5, 0.6) is 0 Å². The molecule has 1 fully saturated rings. The predicted molar refractivity (Wildman–Crippen MR) is 116 cm³/mol. The van der Waals surface area contributed by atoms with Crippen molar-refractivity contribution in [1.82, 2.24) is 4.90 Å². The number of carbonyl (C=O) groups excluding carboxylic acids is 1. The molecule has 3 rings (SSSR count). The fraction of sp³-hybridized carbons (Fsp3) is 0.480. The molecule has 1 saturated heterocycles. The van der Waals surface area contributed by atoms with Gasteiger partial charge in [0.05, 0.1) is 13.2 Å². The molecule has 0 bridgehead atoms. The molecule has 0 amide bonds. The second kappa shape index (κ2) is 11.3. The maximum Gasteiger partial charge on any atom is 0.306 e. The van der Waals surface area contributed by atoms with E-state index in [9.17, 15) is 13.6 Å². The van der Waals surface area contributed by atoms with Gasteiger partial charge in [-0.3, -0.25) is 4.79 Å². The zero-order valence-electron chi connectivity index (χ0n) is 18.2. The minimum atomic E-state index is -0.597. The molecule has 0 aromatic heterocycles. The van der Waals surface area contributed by atoms with Crippen molar-refractivity contribution in [2.24, 2.45) is 11.8 Å². The maximum absolute atomic E-state index is 14.4. The molecule has 1 aliphatic heterocycles. The summed E-state index contributed by atoms with van der Waals surface area (Å²) in [7, 11) is 0. The lowest BCUT2D eigenvalue weighted by molar-refractivity contribution is -0.145. The Balaban J connectivity index is 1.57. The van der Waals surface area contributed by atoms with Crippen molar-refractivity contribution in [3.63, 3.8) is 0 Å². The Labute approximate surface area is 183 Å². The number of hydrogen-bond acceptors (Lipinski definition) is 4. The van der Waals surface area contributed by atoms with Crippen LogP contribution < -0.4 is 0 Å². The van der Waals surface area contributed by atoms with Gasteiger partial charge >= 0.3 is 5.97 Å². The zero-order valence-corrected chi connectivity index (χ0v) is 18.2. The first-order valence-corrected chi connectivity index (χ1v) is 11.0. The van der Waals surface area contributed by atoms with E-state index in [0.29, 0.717) is 49.1 Å². The fourth-order valence-corrected chi connectivity index (χ4v) is 4.21. The van der Waals surface area contributed by atoms with Crippen LogP contribution in [0.2, 0.25) is 0 Å². The van der Waals surface area contributed by atoms with Gasteiger partial charge in [0.1, 0.15) is 17.7 Å². The number of hydrogen-bond donors (Lipinski definition) is 0. The third-order valence-corrected chi connectivity index (χ3v) is 5.95. The molecule has 2 aromatic rings. The van der Waals surface area contributed by atoms with Crippen molar-refractivity contribution in [2.45, 2.75) is 32.8 Å². The summed E-state index contributed by atoms with van der Waals surface area (Å²) in [6.45, 7) is 7.31. The second-order valence-electron chi connectivity index (χ2n) is 8.16. The summed E-state index contributed by atoms with van der Waals surface area (Å²) >= 11 is 0.